The van der Waals surface area contributed by atoms with Gasteiger partial charge in [-0.25, -0.2) is 14.1 Å². The number of aromatic amines is 1. The minimum atomic E-state index is -0.743. The van der Waals surface area contributed by atoms with Crippen LogP contribution in [0.3, 0.4) is 0 Å². The number of halogens is 1. The van der Waals surface area contributed by atoms with E-state index in [1.54, 1.807) is 11.1 Å². The van der Waals surface area contributed by atoms with E-state index in [4.69, 9.17) is 0 Å². The Labute approximate surface area is 188 Å². The normalized spacial score (nSPS) is 15.0. The molecule has 0 aliphatic carbocycles. The zero-order valence-corrected chi connectivity index (χ0v) is 17.8. The molecule has 9 nitrogen and oxygen atoms in total. The monoisotopic (exact) mass is 447 g/mol. The summed E-state index contributed by atoms with van der Waals surface area (Å²) in [5.74, 6) is -1.76. The molecule has 1 N–H and O–H groups in total. The summed E-state index contributed by atoms with van der Waals surface area (Å²) in [6, 6.07) is 10.1. The lowest BCUT2D eigenvalue weighted by Gasteiger charge is -2.21. The number of aromatic nitrogens is 5. The molecule has 0 atom stereocenters. The molecular formula is C23H22FN7O2. The average Bonchev–Trinajstić information content (AvgIpc) is 3.47. The third kappa shape index (κ3) is 4.12. The fourth-order valence-electron chi connectivity index (χ4n) is 4.20. The van der Waals surface area contributed by atoms with Crippen molar-refractivity contribution in [1.82, 2.24) is 34.8 Å². The number of carbonyl (C=O) groups excluding carboxylic acids is 2. The molecule has 33 heavy (non-hydrogen) atoms. The van der Waals surface area contributed by atoms with Gasteiger partial charge in [0.25, 0.3) is 11.7 Å². The molecule has 1 fully saturated rings. The molecule has 4 heterocycles. The minimum Gasteiger partial charge on any atom is -0.357 e. The highest BCUT2D eigenvalue weighted by atomic mass is 19.1. The highest BCUT2D eigenvalue weighted by molar-refractivity contribution is 6.45. The minimum absolute atomic E-state index is 0.0124. The topological polar surface area (TPSA) is 100 Å². The molecule has 0 unspecified atom stereocenters. The number of carbonyl (C=O) groups is 2. The largest absolute Gasteiger partial charge is 0.357 e. The van der Waals surface area contributed by atoms with Crippen LogP contribution in [-0.2, 0) is 11.3 Å². The first kappa shape index (κ1) is 21.0. The summed E-state index contributed by atoms with van der Waals surface area (Å²) in [4.78, 5) is 36.9. The second-order valence-electron chi connectivity index (χ2n) is 7.97. The van der Waals surface area contributed by atoms with Gasteiger partial charge in [-0.3, -0.25) is 14.5 Å². The van der Waals surface area contributed by atoms with Crippen LogP contribution in [0.1, 0.15) is 22.3 Å². The van der Waals surface area contributed by atoms with E-state index in [-0.39, 0.29) is 16.5 Å². The molecule has 3 aromatic heterocycles. The van der Waals surface area contributed by atoms with Crippen molar-refractivity contribution in [2.75, 3.05) is 26.2 Å². The summed E-state index contributed by atoms with van der Waals surface area (Å²) < 4.78 is 16.0. The molecule has 0 bridgehead atoms. The van der Waals surface area contributed by atoms with E-state index < -0.39 is 17.5 Å². The number of rotatable bonds is 5. The summed E-state index contributed by atoms with van der Waals surface area (Å²) in [6.07, 6.45) is 6.16. The van der Waals surface area contributed by atoms with Gasteiger partial charge >= 0.3 is 0 Å². The molecule has 1 aliphatic heterocycles. The number of hydrogen-bond acceptors (Lipinski definition) is 6. The first-order valence-corrected chi connectivity index (χ1v) is 10.7. The van der Waals surface area contributed by atoms with Crippen LogP contribution in [0.15, 0.2) is 55.1 Å². The van der Waals surface area contributed by atoms with Gasteiger partial charge in [-0.2, -0.15) is 0 Å². The maximum absolute atomic E-state index is 14.7. The lowest BCUT2D eigenvalue weighted by atomic mass is 10.1. The molecule has 0 spiro atoms. The third-order valence-electron chi connectivity index (χ3n) is 5.85. The van der Waals surface area contributed by atoms with Crippen molar-refractivity contribution in [1.29, 1.82) is 0 Å². The Balaban J connectivity index is 1.34. The molecule has 1 aromatic carbocycles. The second kappa shape index (κ2) is 8.91. The Bertz CT molecular complexity index is 1290. The fraction of sp³-hybridized carbons (Fsp3) is 0.261. The Morgan fingerprint density at radius 3 is 2.73 bits per heavy atom. The van der Waals surface area contributed by atoms with E-state index in [9.17, 15) is 14.0 Å². The fourth-order valence-corrected chi connectivity index (χ4v) is 4.20. The molecule has 1 aliphatic rings. The van der Waals surface area contributed by atoms with E-state index in [0.717, 1.165) is 25.7 Å². The van der Waals surface area contributed by atoms with Gasteiger partial charge in [-0.1, -0.05) is 35.5 Å². The molecule has 0 radical (unpaired) electrons. The number of nitrogens with zero attached hydrogens (tertiary/aromatic N) is 6. The van der Waals surface area contributed by atoms with Gasteiger partial charge < -0.3 is 9.88 Å². The number of H-pyrrole nitrogens is 1. The van der Waals surface area contributed by atoms with Gasteiger partial charge in [-0.05, 0) is 12.0 Å². The van der Waals surface area contributed by atoms with E-state index in [2.05, 4.69) is 37.3 Å². The van der Waals surface area contributed by atoms with Crippen LogP contribution in [0.2, 0.25) is 0 Å². The van der Waals surface area contributed by atoms with Crippen LogP contribution in [0.25, 0.3) is 16.7 Å². The first-order chi connectivity index (χ1) is 16.1. The molecule has 0 saturated carbocycles. The summed E-state index contributed by atoms with van der Waals surface area (Å²) in [5, 5.41) is 7.63. The Morgan fingerprint density at radius 2 is 1.94 bits per heavy atom. The summed E-state index contributed by atoms with van der Waals surface area (Å²) >= 11 is 0. The van der Waals surface area contributed by atoms with Gasteiger partial charge in [0, 0.05) is 38.9 Å². The van der Waals surface area contributed by atoms with Gasteiger partial charge in [0.2, 0.25) is 0 Å². The van der Waals surface area contributed by atoms with E-state index in [1.165, 1.54) is 22.6 Å². The lowest BCUT2D eigenvalue weighted by molar-refractivity contribution is -0.126. The van der Waals surface area contributed by atoms with Crippen molar-refractivity contribution < 1.29 is 14.0 Å². The van der Waals surface area contributed by atoms with Gasteiger partial charge in [0.15, 0.2) is 11.6 Å². The zero-order chi connectivity index (χ0) is 22.8. The number of nitrogens with one attached hydrogen (secondary N) is 1. The van der Waals surface area contributed by atoms with Crippen LogP contribution >= 0.6 is 0 Å². The van der Waals surface area contributed by atoms with Gasteiger partial charge in [0.05, 0.1) is 35.1 Å². The first-order valence-electron chi connectivity index (χ1n) is 10.7. The van der Waals surface area contributed by atoms with Crippen molar-refractivity contribution in [2.45, 2.75) is 13.0 Å². The smallest absolute Gasteiger partial charge is 0.295 e. The Hall–Kier alpha value is -3.92. The van der Waals surface area contributed by atoms with Crippen molar-refractivity contribution in [3.63, 3.8) is 0 Å². The van der Waals surface area contributed by atoms with Crippen molar-refractivity contribution in [3.05, 3.63) is 72.1 Å². The highest BCUT2D eigenvalue weighted by Crippen LogP contribution is 2.26. The van der Waals surface area contributed by atoms with E-state index >= 15 is 0 Å². The number of benzene rings is 1. The van der Waals surface area contributed by atoms with Crippen LogP contribution in [0, 0.1) is 5.82 Å². The Kier molecular flexibility index (Phi) is 5.66. The molecule has 1 saturated heterocycles. The zero-order valence-electron chi connectivity index (χ0n) is 17.8. The maximum Gasteiger partial charge on any atom is 0.295 e. The van der Waals surface area contributed by atoms with Crippen molar-refractivity contribution >= 4 is 22.6 Å². The number of Topliss-reactive ketones (excluding diaryl/α,β-unsaturated/α-hetero) is 1. The number of amides is 1. The van der Waals surface area contributed by atoms with E-state index in [1.807, 2.05) is 18.2 Å². The third-order valence-corrected chi connectivity index (χ3v) is 5.85. The second-order valence-corrected chi connectivity index (χ2v) is 7.97. The van der Waals surface area contributed by atoms with Crippen LogP contribution in [-0.4, -0.2) is 72.6 Å². The number of ketones is 1. The molecule has 5 rings (SSSR count). The predicted molar refractivity (Wildman–Crippen MR) is 118 cm³/mol. The molecule has 1 amide bonds. The molecular weight excluding hydrogens is 425 g/mol. The van der Waals surface area contributed by atoms with Gasteiger partial charge in [-0.15, -0.1) is 5.10 Å². The standard InChI is InChI=1S/C23H22FN7O2/c24-18-14-26-22(31-10-7-27-28-31)20-19(18)17(13-25-20)21(32)23(33)30-9-4-8-29(11-12-30)15-16-5-2-1-3-6-16/h1-3,5-7,10,13-14,25H,4,8-9,11-12,15H2. The van der Waals surface area contributed by atoms with Gasteiger partial charge in [0.1, 0.15) is 0 Å². The SMILES string of the molecule is O=C(C(=O)N1CCCN(Cc2ccccc2)CC1)c1c[nH]c2c(-n3ccnn3)ncc(F)c12. The van der Waals surface area contributed by atoms with E-state index in [0.29, 0.717) is 25.5 Å². The molecule has 168 valence electrons. The highest BCUT2D eigenvalue weighted by Gasteiger charge is 2.29. The van der Waals surface area contributed by atoms with Crippen molar-refractivity contribution in [2.24, 2.45) is 0 Å². The quantitative estimate of drug-likeness (QED) is 0.372. The van der Waals surface area contributed by atoms with Crippen LogP contribution in [0.5, 0.6) is 0 Å². The lowest BCUT2D eigenvalue weighted by Crippen LogP contribution is -2.39. The Morgan fingerprint density at radius 1 is 1.09 bits per heavy atom. The van der Waals surface area contributed by atoms with Crippen LogP contribution < -0.4 is 0 Å². The van der Waals surface area contributed by atoms with Crippen molar-refractivity contribution in [3.8, 4) is 5.82 Å². The number of fused-ring (bicyclic) bond motifs is 1. The number of pyridine rings is 1. The van der Waals surface area contributed by atoms with Crippen LogP contribution in [0.4, 0.5) is 4.39 Å². The summed E-state index contributed by atoms with van der Waals surface area (Å²) in [7, 11) is 0. The maximum atomic E-state index is 14.7. The summed E-state index contributed by atoms with van der Waals surface area (Å²) in [5.41, 5.74) is 1.47. The number of hydrogen-bond donors (Lipinski definition) is 1. The predicted octanol–water partition coefficient (Wildman–Crippen LogP) is 2.20. The molecule has 10 heteroatoms. The molecule has 4 aromatic rings. The summed E-state index contributed by atoms with van der Waals surface area (Å²) in [6.45, 7) is 3.21. The average molecular weight is 447 g/mol.